The number of para-hydroxylation sites is 1. The number of guanidine groups is 1. The maximum Gasteiger partial charge on any atom is 0.191 e. The summed E-state index contributed by atoms with van der Waals surface area (Å²) in [5.41, 5.74) is 0.894. The van der Waals surface area contributed by atoms with Crippen molar-refractivity contribution in [1.29, 1.82) is 0 Å². The van der Waals surface area contributed by atoms with Crippen molar-refractivity contribution in [3.05, 3.63) is 29.8 Å². The predicted molar refractivity (Wildman–Crippen MR) is 116 cm³/mol. The molecular formula is C19H34IN3O2. The van der Waals surface area contributed by atoms with E-state index < -0.39 is 0 Å². The summed E-state index contributed by atoms with van der Waals surface area (Å²) in [4.78, 5) is 4.25. The molecule has 0 aliphatic carbocycles. The second kappa shape index (κ2) is 12.4. The van der Waals surface area contributed by atoms with Gasteiger partial charge in [0.05, 0.1) is 6.10 Å². The number of halogens is 1. The molecule has 0 amide bonds. The molecule has 25 heavy (non-hydrogen) atoms. The standard InChI is InChI=1S/C19H33N3O2.HI/c1-15(2)23-13-9-12-21-18(20-6)22-14-16-10-7-8-11-17(16)24-19(3,4)5;/h7-8,10-11,15H,9,12-14H2,1-6H3,(H2,20,21,22);1H. The second-order valence-corrected chi connectivity index (χ2v) is 6.95. The van der Waals surface area contributed by atoms with E-state index in [1.807, 2.05) is 32.0 Å². The van der Waals surface area contributed by atoms with Crippen LogP contribution in [0, 0.1) is 0 Å². The summed E-state index contributed by atoms with van der Waals surface area (Å²) in [5, 5.41) is 6.63. The average molecular weight is 463 g/mol. The van der Waals surface area contributed by atoms with Gasteiger partial charge in [-0.1, -0.05) is 18.2 Å². The fourth-order valence-electron chi connectivity index (χ4n) is 2.08. The molecule has 1 rings (SSSR count). The maximum absolute atomic E-state index is 6.02. The van der Waals surface area contributed by atoms with E-state index >= 15 is 0 Å². The third kappa shape index (κ3) is 11.3. The third-order valence-corrected chi connectivity index (χ3v) is 3.12. The Morgan fingerprint density at radius 2 is 1.84 bits per heavy atom. The third-order valence-electron chi connectivity index (χ3n) is 3.12. The molecule has 0 saturated carbocycles. The van der Waals surface area contributed by atoms with E-state index in [0.717, 1.165) is 36.8 Å². The molecule has 0 bridgehead atoms. The number of benzene rings is 1. The molecule has 0 atom stereocenters. The summed E-state index contributed by atoms with van der Waals surface area (Å²) in [7, 11) is 1.78. The molecule has 144 valence electrons. The van der Waals surface area contributed by atoms with E-state index in [2.05, 4.69) is 42.5 Å². The van der Waals surface area contributed by atoms with Crippen LogP contribution in [0.5, 0.6) is 5.75 Å². The zero-order valence-electron chi connectivity index (χ0n) is 16.4. The van der Waals surface area contributed by atoms with Crippen molar-refractivity contribution >= 4 is 29.9 Å². The molecule has 1 aromatic rings. The SMILES string of the molecule is CN=C(NCCCOC(C)C)NCc1ccccc1OC(C)(C)C.I. The largest absolute Gasteiger partial charge is 0.488 e. The summed E-state index contributed by atoms with van der Waals surface area (Å²) in [6, 6.07) is 8.08. The molecule has 0 aliphatic rings. The minimum absolute atomic E-state index is 0. The fourth-order valence-corrected chi connectivity index (χ4v) is 2.08. The molecule has 0 fully saturated rings. The quantitative estimate of drug-likeness (QED) is 0.265. The number of nitrogens with one attached hydrogen (secondary N) is 2. The summed E-state index contributed by atoms with van der Waals surface area (Å²) in [5.74, 6) is 1.68. The molecule has 0 aliphatic heterocycles. The maximum atomic E-state index is 6.02. The molecule has 2 N–H and O–H groups in total. The van der Waals surface area contributed by atoms with Crippen molar-refractivity contribution in [2.24, 2.45) is 4.99 Å². The average Bonchev–Trinajstić information content (AvgIpc) is 2.49. The van der Waals surface area contributed by atoms with Gasteiger partial charge in [0.1, 0.15) is 11.4 Å². The molecule has 0 radical (unpaired) electrons. The van der Waals surface area contributed by atoms with Crippen LogP contribution in [0.1, 0.15) is 46.6 Å². The van der Waals surface area contributed by atoms with Crippen LogP contribution >= 0.6 is 24.0 Å². The lowest BCUT2D eigenvalue weighted by Crippen LogP contribution is -2.37. The molecule has 0 aromatic heterocycles. The van der Waals surface area contributed by atoms with Crippen LogP contribution in [0.25, 0.3) is 0 Å². The predicted octanol–water partition coefficient (Wildman–Crippen LogP) is 3.96. The van der Waals surface area contributed by atoms with Gasteiger partial charge in [-0.05, 0) is 47.1 Å². The van der Waals surface area contributed by atoms with Gasteiger partial charge in [0.2, 0.25) is 0 Å². The van der Waals surface area contributed by atoms with Crippen LogP contribution < -0.4 is 15.4 Å². The summed E-state index contributed by atoms with van der Waals surface area (Å²) in [6.07, 6.45) is 1.23. The van der Waals surface area contributed by atoms with Crippen LogP contribution in [-0.2, 0) is 11.3 Å². The van der Waals surface area contributed by atoms with Crippen molar-refractivity contribution in [2.75, 3.05) is 20.2 Å². The fraction of sp³-hybridized carbons (Fsp3) is 0.632. The Labute approximate surface area is 170 Å². The topological polar surface area (TPSA) is 54.9 Å². The van der Waals surface area contributed by atoms with Crippen LogP contribution in [0.2, 0.25) is 0 Å². The van der Waals surface area contributed by atoms with Gasteiger partial charge in [0.15, 0.2) is 5.96 Å². The number of hydrogen-bond donors (Lipinski definition) is 2. The minimum atomic E-state index is -0.216. The monoisotopic (exact) mass is 463 g/mol. The Balaban J connectivity index is 0.00000576. The Morgan fingerprint density at radius 3 is 2.44 bits per heavy atom. The molecule has 0 unspecified atom stereocenters. The van der Waals surface area contributed by atoms with Crippen molar-refractivity contribution < 1.29 is 9.47 Å². The van der Waals surface area contributed by atoms with E-state index in [1.54, 1.807) is 7.05 Å². The zero-order valence-corrected chi connectivity index (χ0v) is 18.7. The molecule has 0 heterocycles. The van der Waals surface area contributed by atoms with E-state index in [-0.39, 0.29) is 35.7 Å². The lowest BCUT2D eigenvalue weighted by Gasteiger charge is -2.23. The first-order valence-corrected chi connectivity index (χ1v) is 8.65. The first kappa shape index (κ1) is 24.0. The van der Waals surface area contributed by atoms with Crippen molar-refractivity contribution in [1.82, 2.24) is 10.6 Å². The first-order valence-electron chi connectivity index (χ1n) is 8.65. The van der Waals surface area contributed by atoms with Gasteiger partial charge in [-0.25, -0.2) is 0 Å². The summed E-state index contributed by atoms with van der Waals surface area (Å²) >= 11 is 0. The second-order valence-electron chi connectivity index (χ2n) is 6.95. The molecular weight excluding hydrogens is 429 g/mol. The lowest BCUT2D eigenvalue weighted by molar-refractivity contribution is 0.0776. The van der Waals surface area contributed by atoms with E-state index in [0.29, 0.717) is 6.54 Å². The Hall–Kier alpha value is -1.02. The summed E-state index contributed by atoms with van der Waals surface area (Å²) in [6.45, 7) is 12.5. The van der Waals surface area contributed by atoms with Crippen molar-refractivity contribution in [3.8, 4) is 5.75 Å². The highest BCUT2D eigenvalue weighted by molar-refractivity contribution is 14.0. The molecule has 0 spiro atoms. The number of hydrogen-bond acceptors (Lipinski definition) is 3. The Kier molecular flexibility index (Phi) is 11.8. The highest BCUT2D eigenvalue weighted by atomic mass is 127. The van der Waals surface area contributed by atoms with Crippen LogP contribution in [-0.4, -0.2) is 37.9 Å². The van der Waals surface area contributed by atoms with Gasteiger partial charge in [-0.3, -0.25) is 4.99 Å². The lowest BCUT2D eigenvalue weighted by atomic mass is 10.1. The number of aliphatic imine (C=N–C) groups is 1. The van der Waals surface area contributed by atoms with Gasteiger partial charge in [-0.15, -0.1) is 24.0 Å². The number of nitrogens with zero attached hydrogens (tertiary/aromatic N) is 1. The highest BCUT2D eigenvalue weighted by Crippen LogP contribution is 2.22. The molecule has 0 saturated heterocycles. The van der Waals surface area contributed by atoms with Crippen LogP contribution in [0.15, 0.2) is 29.3 Å². The van der Waals surface area contributed by atoms with Gasteiger partial charge in [0.25, 0.3) is 0 Å². The highest BCUT2D eigenvalue weighted by Gasteiger charge is 2.14. The van der Waals surface area contributed by atoms with Crippen molar-refractivity contribution in [3.63, 3.8) is 0 Å². The molecule has 1 aromatic carbocycles. The number of ether oxygens (including phenoxy) is 2. The normalized spacial score (nSPS) is 11.9. The van der Waals surface area contributed by atoms with E-state index in [4.69, 9.17) is 9.47 Å². The molecule has 6 heteroatoms. The van der Waals surface area contributed by atoms with Gasteiger partial charge in [0, 0.05) is 32.3 Å². The van der Waals surface area contributed by atoms with Crippen LogP contribution in [0.4, 0.5) is 0 Å². The smallest absolute Gasteiger partial charge is 0.191 e. The minimum Gasteiger partial charge on any atom is -0.488 e. The van der Waals surface area contributed by atoms with Crippen LogP contribution in [0.3, 0.4) is 0 Å². The van der Waals surface area contributed by atoms with Gasteiger partial charge >= 0.3 is 0 Å². The van der Waals surface area contributed by atoms with E-state index in [9.17, 15) is 0 Å². The van der Waals surface area contributed by atoms with Gasteiger partial charge in [-0.2, -0.15) is 0 Å². The van der Waals surface area contributed by atoms with Gasteiger partial charge < -0.3 is 20.1 Å². The van der Waals surface area contributed by atoms with Crippen molar-refractivity contribution in [2.45, 2.75) is 59.3 Å². The number of rotatable bonds is 8. The first-order chi connectivity index (χ1) is 11.3. The Bertz CT molecular complexity index is 514. The van der Waals surface area contributed by atoms with E-state index in [1.165, 1.54) is 0 Å². The Morgan fingerprint density at radius 1 is 1.16 bits per heavy atom. The molecule has 5 nitrogen and oxygen atoms in total. The summed E-state index contributed by atoms with van der Waals surface area (Å²) < 4.78 is 11.5. The zero-order chi connectivity index (χ0) is 18.0.